The number of carbonyl (C=O) groups is 1. The maximum absolute atomic E-state index is 10.3. The van der Waals surface area contributed by atoms with Gasteiger partial charge in [0.25, 0.3) is 0 Å². The molecule has 2 rings (SSSR count). The molecule has 0 saturated carbocycles. The van der Waals surface area contributed by atoms with Crippen molar-refractivity contribution in [3.63, 3.8) is 0 Å². The van der Waals surface area contributed by atoms with Crippen molar-refractivity contribution in [2.45, 2.75) is 6.54 Å². The summed E-state index contributed by atoms with van der Waals surface area (Å²) in [6.07, 6.45) is 1.15. The Morgan fingerprint density at radius 2 is 2.11 bits per heavy atom. The van der Waals surface area contributed by atoms with Gasteiger partial charge in [-0.1, -0.05) is 18.2 Å². The maximum Gasteiger partial charge on any atom is 0.404 e. The van der Waals surface area contributed by atoms with Crippen LogP contribution in [0.3, 0.4) is 0 Å². The molecule has 1 heterocycles. The van der Waals surface area contributed by atoms with Gasteiger partial charge in [-0.3, -0.25) is 0 Å². The molecule has 6 heteroatoms. The van der Waals surface area contributed by atoms with Crippen molar-refractivity contribution in [2.24, 2.45) is 5.73 Å². The second kappa shape index (κ2) is 6.55. The molecule has 0 fully saturated rings. The number of para-hydroxylation sites is 1. The Bertz CT molecular complexity index is 524. The Morgan fingerprint density at radius 3 is 2.84 bits per heavy atom. The number of aromatic nitrogens is 2. The summed E-state index contributed by atoms with van der Waals surface area (Å²) in [7, 11) is 0. The second-order valence-electron chi connectivity index (χ2n) is 3.93. The summed E-state index contributed by atoms with van der Waals surface area (Å²) >= 11 is 0. The number of carbonyl (C=O) groups excluding carboxylic acids is 1. The Kier molecular flexibility index (Phi) is 4.52. The number of amides is 1. The predicted molar refractivity (Wildman–Crippen MR) is 70.8 cm³/mol. The van der Waals surface area contributed by atoms with Crippen LogP contribution in [0.5, 0.6) is 0 Å². The van der Waals surface area contributed by atoms with Gasteiger partial charge in [0.15, 0.2) is 0 Å². The number of hydrogen-bond acceptors (Lipinski definition) is 4. The highest BCUT2D eigenvalue weighted by molar-refractivity contribution is 5.64. The zero-order chi connectivity index (χ0) is 13.5. The Labute approximate surface area is 111 Å². The van der Waals surface area contributed by atoms with Crippen LogP contribution in [-0.2, 0) is 11.3 Å². The quantitative estimate of drug-likeness (QED) is 0.761. The summed E-state index contributed by atoms with van der Waals surface area (Å²) in [6.45, 7) is 1.41. The molecule has 0 aliphatic carbocycles. The van der Waals surface area contributed by atoms with E-state index in [0.717, 1.165) is 11.4 Å². The van der Waals surface area contributed by atoms with E-state index in [4.69, 9.17) is 5.73 Å². The van der Waals surface area contributed by atoms with E-state index in [-0.39, 0.29) is 6.61 Å². The molecule has 0 saturated heterocycles. The smallest absolute Gasteiger partial charge is 0.404 e. The molecule has 0 radical (unpaired) electrons. The lowest BCUT2D eigenvalue weighted by Gasteiger charge is -2.03. The summed E-state index contributed by atoms with van der Waals surface area (Å²) in [5, 5.41) is 7.55. The van der Waals surface area contributed by atoms with Gasteiger partial charge < -0.3 is 15.8 Å². The van der Waals surface area contributed by atoms with Crippen molar-refractivity contribution >= 4 is 6.09 Å². The van der Waals surface area contributed by atoms with Crippen LogP contribution >= 0.6 is 0 Å². The van der Waals surface area contributed by atoms with Gasteiger partial charge in [0.2, 0.25) is 0 Å². The third kappa shape index (κ3) is 4.11. The highest BCUT2D eigenvalue weighted by Gasteiger charge is 2.00. The van der Waals surface area contributed by atoms with E-state index in [1.54, 1.807) is 0 Å². The lowest BCUT2D eigenvalue weighted by Crippen LogP contribution is -2.23. The van der Waals surface area contributed by atoms with Crippen LogP contribution in [0.25, 0.3) is 5.69 Å². The molecule has 3 N–H and O–H groups in total. The number of primary amides is 1. The molecule has 0 aliphatic heterocycles. The van der Waals surface area contributed by atoms with E-state index >= 15 is 0 Å². The van der Waals surface area contributed by atoms with E-state index in [9.17, 15) is 4.79 Å². The number of hydrogen-bond donors (Lipinski definition) is 2. The fourth-order valence-electron chi connectivity index (χ4n) is 1.62. The monoisotopic (exact) mass is 260 g/mol. The second-order valence-corrected chi connectivity index (χ2v) is 3.93. The Hall–Kier alpha value is -2.34. The lowest BCUT2D eigenvalue weighted by molar-refractivity contribution is 0.157. The van der Waals surface area contributed by atoms with Gasteiger partial charge in [-0.25, -0.2) is 9.48 Å². The zero-order valence-corrected chi connectivity index (χ0v) is 10.5. The first-order valence-corrected chi connectivity index (χ1v) is 5.98. The minimum atomic E-state index is -0.754. The van der Waals surface area contributed by atoms with Crippen molar-refractivity contribution in [2.75, 3.05) is 13.2 Å². The van der Waals surface area contributed by atoms with Gasteiger partial charge in [0.05, 0.1) is 11.4 Å². The SMILES string of the molecule is NC(=O)OCCNCc1ccn(-c2ccccc2)n1. The molecule has 1 aromatic carbocycles. The van der Waals surface area contributed by atoms with Crippen LogP contribution < -0.4 is 11.1 Å². The Balaban J connectivity index is 1.80. The van der Waals surface area contributed by atoms with Gasteiger partial charge in [0, 0.05) is 19.3 Å². The third-order valence-corrected chi connectivity index (χ3v) is 2.49. The maximum atomic E-state index is 10.3. The average molecular weight is 260 g/mol. The van der Waals surface area contributed by atoms with Crippen molar-refractivity contribution in [3.8, 4) is 5.69 Å². The van der Waals surface area contributed by atoms with Crippen LogP contribution in [-0.4, -0.2) is 29.0 Å². The van der Waals surface area contributed by atoms with Gasteiger partial charge in [-0.05, 0) is 18.2 Å². The highest BCUT2D eigenvalue weighted by atomic mass is 16.5. The first-order valence-electron chi connectivity index (χ1n) is 5.98. The van der Waals surface area contributed by atoms with Gasteiger partial charge in [-0.15, -0.1) is 0 Å². The highest BCUT2D eigenvalue weighted by Crippen LogP contribution is 2.06. The van der Waals surface area contributed by atoms with E-state index < -0.39 is 6.09 Å². The number of nitrogens with one attached hydrogen (secondary N) is 1. The van der Waals surface area contributed by atoms with Crippen molar-refractivity contribution < 1.29 is 9.53 Å². The van der Waals surface area contributed by atoms with Crippen LogP contribution in [0.4, 0.5) is 4.79 Å². The fraction of sp³-hybridized carbons (Fsp3) is 0.231. The summed E-state index contributed by atoms with van der Waals surface area (Å²) in [4.78, 5) is 10.3. The topological polar surface area (TPSA) is 82.2 Å². The molecule has 0 bridgehead atoms. The standard InChI is InChI=1S/C13H16N4O2/c14-13(18)19-9-7-15-10-11-6-8-17(16-11)12-4-2-1-3-5-12/h1-6,8,15H,7,9-10H2,(H2,14,18). The molecule has 0 spiro atoms. The van der Waals surface area contributed by atoms with E-state index in [2.05, 4.69) is 15.2 Å². The molecule has 1 amide bonds. The number of benzene rings is 1. The van der Waals surface area contributed by atoms with Crippen molar-refractivity contribution in [3.05, 3.63) is 48.3 Å². The predicted octanol–water partition coefficient (Wildman–Crippen LogP) is 1.06. The Morgan fingerprint density at radius 1 is 1.32 bits per heavy atom. The lowest BCUT2D eigenvalue weighted by atomic mass is 10.3. The van der Waals surface area contributed by atoms with Crippen molar-refractivity contribution in [1.82, 2.24) is 15.1 Å². The van der Waals surface area contributed by atoms with Gasteiger partial charge in [-0.2, -0.15) is 5.10 Å². The van der Waals surface area contributed by atoms with Crippen LogP contribution in [0.1, 0.15) is 5.69 Å². The average Bonchev–Trinajstić information content (AvgIpc) is 2.88. The molecule has 1 aromatic heterocycles. The molecule has 19 heavy (non-hydrogen) atoms. The van der Waals surface area contributed by atoms with Gasteiger partial charge in [0.1, 0.15) is 6.61 Å². The van der Waals surface area contributed by atoms with Crippen molar-refractivity contribution in [1.29, 1.82) is 0 Å². The molecule has 6 nitrogen and oxygen atoms in total. The molecular formula is C13H16N4O2. The molecular weight excluding hydrogens is 244 g/mol. The normalized spacial score (nSPS) is 10.3. The molecule has 0 aliphatic rings. The minimum Gasteiger partial charge on any atom is -0.448 e. The van der Waals surface area contributed by atoms with E-state index in [1.165, 1.54) is 0 Å². The summed E-state index contributed by atoms with van der Waals surface area (Å²) in [5.74, 6) is 0. The zero-order valence-electron chi connectivity index (χ0n) is 10.5. The first-order chi connectivity index (χ1) is 9.25. The number of ether oxygens (including phenoxy) is 1. The fourth-order valence-corrected chi connectivity index (χ4v) is 1.62. The summed E-state index contributed by atoms with van der Waals surface area (Å²) in [6, 6.07) is 11.8. The van der Waals surface area contributed by atoms with Gasteiger partial charge >= 0.3 is 6.09 Å². The van der Waals surface area contributed by atoms with Crippen LogP contribution in [0.15, 0.2) is 42.6 Å². The first kappa shape index (κ1) is 13.1. The minimum absolute atomic E-state index is 0.259. The van der Waals surface area contributed by atoms with E-state index in [0.29, 0.717) is 13.1 Å². The molecule has 100 valence electrons. The molecule has 2 aromatic rings. The number of nitrogens with two attached hydrogens (primary N) is 1. The summed E-state index contributed by atoms with van der Waals surface area (Å²) in [5.41, 5.74) is 6.79. The van der Waals surface area contributed by atoms with Crippen LogP contribution in [0.2, 0.25) is 0 Å². The molecule has 0 atom stereocenters. The number of nitrogens with zero attached hydrogens (tertiary/aromatic N) is 2. The van der Waals surface area contributed by atoms with E-state index in [1.807, 2.05) is 47.3 Å². The summed E-state index contributed by atoms with van der Waals surface area (Å²) < 4.78 is 6.42. The van der Waals surface area contributed by atoms with Crippen LogP contribution in [0, 0.1) is 0 Å². The largest absolute Gasteiger partial charge is 0.448 e. The molecule has 0 unspecified atom stereocenters. The number of rotatable bonds is 6. The third-order valence-electron chi connectivity index (χ3n) is 2.49.